The van der Waals surface area contributed by atoms with Crippen LogP contribution in [0.4, 0.5) is 4.79 Å². The molecule has 0 aromatic rings. The second kappa shape index (κ2) is 52.5. The molecule has 0 heterocycles. The summed E-state index contributed by atoms with van der Waals surface area (Å²) in [6.07, 6.45) is 13.4. The maximum Gasteiger partial charge on any atom is 0.234 e. The van der Waals surface area contributed by atoms with Gasteiger partial charge in [-0.1, -0.05) is 101 Å². The van der Waals surface area contributed by atoms with Gasteiger partial charge in [0.15, 0.2) is 5.81 Å². The van der Waals surface area contributed by atoms with E-state index in [9.17, 15) is 28.8 Å². The molecular weight excluding hydrogens is 1370 g/mol. The molecule has 0 bridgehead atoms. The van der Waals surface area contributed by atoms with Crippen LogP contribution in [0.5, 0.6) is 0 Å². The van der Waals surface area contributed by atoms with Crippen LogP contribution < -0.4 is 26.6 Å². The molecule has 0 aliphatic rings. The number of hydrogen-bond donors (Lipinski definition) is 5. The van der Waals surface area contributed by atoms with Crippen LogP contribution in [0.1, 0.15) is 257 Å². The highest BCUT2D eigenvalue weighted by molar-refractivity contribution is 6.73. The van der Waals surface area contributed by atoms with Crippen LogP contribution in [0.2, 0.25) is 6.32 Å². The minimum absolute atomic E-state index is 0.00684. The van der Waals surface area contributed by atoms with Crippen molar-refractivity contribution in [2.24, 2.45) is 21.7 Å². The first-order valence-corrected chi connectivity index (χ1v) is 40.1. The van der Waals surface area contributed by atoms with Gasteiger partial charge < -0.3 is 88.3 Å². The number of nitrogens with zero attached hydrogens (tertiary/aromatic N) is 1. The summed E-state index contributed by atoms with van der Waals surface area (Å²) in [4.78, 5) is 79.5. The Morgan fingerprint density at radius 1 is 0.374 bits per heavy atom. The summed E-state index contributed by atoms with van der Waals surface area (Å²) >= 11 is 0. The molecule has 0 aromatic carbocycles. The molecule has 0 rings (SSSR count). The number of hydrogen-bond acceptors (Lipinski definition) is 18. The molecule has 628 valence electrons. The Morgan fingerprint density at radius 2 is 0.720 bits per heavy atom. The third-order valence-electron chi connectivity index (χ3n) is 17.6. The van der Waals surface area contributed by atoms with Crippen molar-refractivity contribution < 1.29 is 85.6 Å². The molecule has 5 N–H and O–H groups in total. The van der Waals surface area contributed by atoms with Gasteiger partial charge in [0.25, 0.3) is 0 Å². The Bertz CT molecular complexity index is 2480. The van der Waals surface area contributed by atoms with Crippen LogP contribution in [-0.2, 0) is 80.8 Å². The third kappa shape index (κ3) is 59.6. The molecule has 0 aromatic heterocycles. The van der Waals surface area contributed by atoms with E-state index >= 15 is 0 Å². The van der Waals surface area contributed by atoms with E-state index in [1.165, 1.54) is 0 Å². The number of carbonyl (C=O) groups is 6. The normalized spacial score (nSPS) is 13.3. The average Bonchev–Trinajstić information content (AvgIpc) is 0.813. The maximum absolute atomic E-state index is 13.8. The summed E-state index contributed by atoms with van der Waals surface area (Å²) in [7, 11) is 0.470. The number of carbonyl (C=O) groups excluding carboxylic acids is 6. The highest BCUT2D eigenvalue weighted by Crippen LogP contribution is 2.43. The number of nitrogens with one attached hydrogen (secondary N) is 5. The smallest absolute Gasteiger partial charge is 0.234 e. The predicted molar refractivity (Wildman–Crippen MR) is 430 cm³/mol. The molecule has 0 saturated carbocycles. The summed E-state index contributed by atoms with van der Waals surface area (Å²) in [5, 5.41) is 15.3. The fraction of sp³-hybridized carbons (Fsp3) is 0.902. The van der Waals surface area contributed by atoms with E-state index in [1.807, 2.05) is 111 Å². The lowest BCUT2D eigenvalue weighted by Crippen LogP contribution is -2.53. The van der Waals surface area contributed by atoms with Crippen LogP contribution in [-0.4, -0.2) is 245 Å². The molecule has 0 aliphatic carbocycles. The summed E-state index contributed by atoms with van der Waals surface area (Å²) in [6.45, 7) is 60.6. The van der Waals surface area contributed by atoms with E-state index in [4.69, 9.17) is 56.8 Å². The lowest BCUT2D eigenvalue weighted by molar-refractivity contribution is -0.135. The van der Waals surface area contributed by atoms with Crippen LogP contribution in [0.15, 0.2) is 12.2 Å². The Kier molecular flexibility index (Phi) is 50.6. The molecule has 0 atom stereocenters. The zero-order valence-corrected chi connectivity index (χ0v) is 72.5. The van der Waals surface area contributed by atoms with Crippen molar-refractivity contribution in [3.05, 3.63) is 12.2 Å². The van der Waals surface area contributed by atoms with Gasteiger partial charge in [-0.3, -0.25) is 28.8 Å². The Morgan fingerprint density at radius 3 is 1.08 bits per heavy atom. The molecule has 0 fully saturated rings. The maximum atomic E-state index is 13.8. The number of amides is 6. The van der Waals surface area contributed by atoms with E-state index in [2.05, 4.69) is 101 Å². The molecule has 107 heavy (non-hydrogen) atoms. The zero-order valence-electron chi connectivity index (χ0n) is 72.5. The van der Waals surface area contributed by atoms with Gasteiger partial charge in [0, 0.05) is 63.9 Å². The first-order valence-electron chi connectivity index (χ1n) is 40.1. The molecule has 0 spiro atoms. The van der Waals surface area contributed by atoms with Crippen LogP contribution in [0.3, 0.4) is 0 Å². The van der Waals surface area contributed by atoms with Crippen LogP contribution in [0, 0.1) is 21.7 Å². The van der Waals surface area contributed by atoms with Gasteiger partial charge in [0.1, 0.15) is 0 Å². The van der Waals surface area contributed by atoms with Gasteiger partial charge in [0.05, 0.1) is 165 Å². The quantitative estimate of drug-likeness (QED) is 0.0215. The third-order valence-corrected chi connectivity index (χ3v) is 17.6. The summed E-state index contributed by atoms with van der Waals surface area (Å²) in [5.41, 5.74) is -4.26. The average molecular weight is 1530 g/mol. The van der Waals surface area contributed by atoms with E-state index in [0.717, 1.165) is 44.8 Å². The predicted octanol–water partition coefficient (Wildman–Crippen LogP) is 12.3. The molecule has 0 unspecified atom stereocenters. The van der Waals surface area contributed by atoms with Crippen molar-refractivity contribution in [1.29, 1.82) is 0 Å². The lowest BCUT2D eigenvalue weighted by atomic mass is 9.67. The number of ether oxygens (including phenoxy) is 12. The Balaban J connectivity index is 4.26. The fourth-order valence-corrected chi connectivity index (χ4v) is 11.7. The minimum Gasteiger partial charge on any atom is -0.379 e. The fourth-order valence-electron chi connectivity index (χ4n) is 11.7. The van der Waals surface area contributed by atoms with Crippen molar-refractivity contribution in [1.82, 2.24) is 31.5 Å². The Labute approximate surface area is 650 Å². The van der Waals surface area contributed by atoms with Crippen molar-refractivity contribution in [3.8, 4) is 0 Å². The van der Waals surface area contributed by atoms with Crippen molar-refractivity contribution >= 4 is 42.6 Å². The highest BCUT2D eigenvalue weighted by atomic mass is 16.6. The lowest BCUT2D eigenvalue weighted by Gasteiger charge is -2.40. The first kappa shape index (κ1) is 103. The molecule has 0 saturated heterocycles. The summed E-state index contributed by atoms with van der Waals surface area (Å²) in [5.74, 6) is -0.327. The molecule has 0 radical (unpaired) electrons. The van der Waals surface area contributed by atoms with Gasteiger partial charge in [-0.05, 0) is 165 Å². The van der Waals surface area contributed by atoms with Gasteiger partial charge >= 0.3 is 0 Å². The monoisotopic (exact) mass is 1530 g/mol. The molecular formula is C82H159BN6O18. The van der Waals surface area contributed by atoms with Gasteiger partial charge in [-0.2, -0.15) is 0 Å². The van der Waals surface area contributed by atoms with Gasteiger partial charge in [0.2, 0.25) is 36.8 Å². The van der Waals surface area contributed by atoms with Gasteiger partial charge in [-0.25, -0.2) is 0 Å². The summed E-state index contributed by atoms with van der Waals surface area (Å²) < 4.78 is 70.0. The summed E-state index contributed by atoms with van der Waals surface area (Å²) in [6, 6.07) is 0. The minimum atomic E-state index is -0.654. The largest absolute Gasteiger partial charge is 0.379 e. The van der Waals surface area contributed by atoms with Crippen LogP contribution in [0.25, 0.3) is 0 Å². The van der Waals surface area contributed by atoms with Crippen LogP contribution >= 0.6 is 0 Å². The first-order chi connectivity index (χ1) is 49.5. The van der Waals surface area contributed by atoms with E-state index in [1.54, 1.807) is 4.90 Å². The second-order valence-corrected chi connectivity index (χ2v) is 36.6. The van der Waals surface area contributed by atoms with E-state index in [0.29, 0.717) is 165 Å². The van der Waals surface area contributed by atoms with E-state index in [-0.39, 0.29) is 103 Å². The van der Waals surface area contributed by atoms with E-state index < -0.39 is 38.8 Å². The molecule has 6 amide bonds. The molecule has 25 heteroatoms. The molecule has 24 nitrogen and oxygen atoms in total. The topological polar surface area (TPSA) is 277 Å². The van der Waals surface area contributed by atoms with Crippen molar-refractivity contribution in [3.63, 3.8) is 0 Å². The highest BCUT2D eigenvalue weighted by Gasteiger charge is 2.40. The SMILES string of the molecule is CCCBC(=O)N(CCOCCOCCOCCOCCC(=O)NC(C)(C)COC(C)(C)CCC(=O)NCCC(C)(C)OCCC)CCOCCOCCOCCOCCC(=O)NC(C)(C)COC(C)(C)CCC(=O)NCCC(C)(C)OCC(C)(C)NC(=O)C(C)(C)CC(C)(C)CC(C)(C)/C=C\CC(C)(C)C. The number of rotatable bonds is 67. The van der Waals surface area contributed by atoms with Crippen molar-refractivity contribution in [2.75, 3.05) is 158 Å². The van der Waals surface area contributed by atoms with Gasteiger partial charge in [-0.15, -0.1) is 0 Å². The second-order valence-electron chi connectivity index (χ2n) is 36.6. The zero-order chi connectivity index (χ0) is 81.6. The number of allylic oxidation sites excluding steroid dienone is 2. The molecule has 0 aliphatic heterocycles. The Hall–Kier alpha value is -3.86. The van der Waals surface area contributed by atoms with Crippen molar-refractivity contribution in [2.45, 2.75) is 302 Å². The standard InChI is InChI=1S/C82H159BN6O18/c1-26-39-83-71(95)89(42-47-98-51-55-102-59-57-100-53-49-96-45-31-68(92)86-76(12,13)63-105-79(18,19)35-29-66(90)84-40-37-81(22,23)104-44-27-2)43-48-99-52-56-103-60-58-101-54-50-97-46-32-69(93)87-77(14,15)64-106-80(20,21)36-30-67(91)85-41-38-82(24,25)107-65-78(16,17)88-70(94)75(10,11)62-74(8,9)61-73(6,7)34-28-33-72(3,4)5/h28,34,83H,26-27,29-33,35-65H2,1-25H3,(H,84,90)(H,85,91)(H,86,92)(H,87,93)(H,88,94)/b34-28-.